The van der Waals surface area contributed by atoms with Crippen LogP contribution in [0.25, 0.3) is 0 Å². The summed E-state index contributed by atoms with van der Waals surface area (Å²) in [6.45, 7) is 1.98. The van der Waals surface area contributed by atoms with E-state index in [0.717, 1.165) is 16.0 Å². The van der Waals surface area contributed by atoms with Gasteiger partial charge >= 0.3 is 0 Å². The second-order valence-corrected chi connectivity index (χ2v) is 10.6. The second-order valence-electron chi connectivity index (χ2n) is 8.01. The lowest BCUT2D eigenvalue weighted by atomic mass is 10.0. The summed E-state index contributed by atoms with van der Waals surface area (Å²) in [6.07, 6.45) is 0. The molecule has 0 bridgehead atoms. The van der Waals surface area contributed by atoms with Crippen molar-refractivity contribution in [3.63, 3.8) is 0 Å². The second kappa shape index (κ2) is 7.18. The van der Waals surface area contributed by atoms with Crippen LogP contribution in [0.1, 0.15) is 16.7 Å². The van der Waals surface area contributed by atoms with Crippen molar-refractivity contribution >= 4 is 44.6 Å². The Bertz CT molecular complexity index is 1390. The van der Waals surface area contributed by atoms with Crippen LogP contribution in [0.15, 0.2) is 72.8 Å². The molecule has 0 saturated carbocycles. The van der Waals surface area contributed by atoms with Crippen LogP contribution < -0.4 is 9.80 Å². The molecule has 0 aliphatic carbocycles. The van der Waals surface area contributed by atoms with Gasteiger partial charge in [-0.3, -0.25) is 14.5 Å². The van der Waals surface area contributed by atoms with Gasteiger partial charge in [0.2, 0.25) is 5.91 Å². The molecule has 162 valence electrons. The fourth-order valence-corrected chi connectivity index (χ4v) is 6.88. The molecule has 5 rings (SSSR count). The molecule has 2 amide bonds. The van der Waals surface area contributed by atoms with E-state index in [9.17, 15) is 18.0 Å². The number of halogens is 1. The van der Waals surface area contributed by atoms with Crippen LogP contribution in [0, 0.1) is 6.92 Å². The zero-order chi connectivity index (χ0) is 22.7. The number of para-hydroxylation sites is 1. The monoisotopic (exact) mass is 466 g/mol. The van der Waals surface area contributed by atoms with E-state index in [1.54, 1.807) is 60.7 Å². The smallest absolute Gasteiger partial charge is 0.274 e. The van der Waals surface area contributed by atoms with Crippen LogP contribution in [-0.2, 0) is 30.8 Å². The molecule has 2 aliphatic heterocycles. The topological polar surface area (TPSA) is 74.8 Å². The summed E-state index contributed by atoms with van der Waals surface area (Å²) in [4.78, 5) is 27.6. The number of nitrogens with zero attached hydrogens (tertiary/aromatic N) is 2. The van der Waals surface area contributed by atoms with Crippen molar-refractivity contribution < 1.29 is 18.0 Å². The van der Waals surface area contributed by atoms with E-state index in [4.69, 9.17) is 11.6 Å². The lowest BCUT2D eigenvalue weighted by molar-refractivity contribution is -0.123. The minimum Gasteiger partial charge on any atom is -0.304 e. The highest BCUT2D eigenvalue weighted by atomic mass is 35.5. The molecule has 6 nitrogen and oxygen atoms in total. The first-order valence-corrected chi connectivity index (χ1v) is 12.1. The van der Waals surface area contributed by atoms with E-state index in [2.05, 4.69) is 0 Å². The third-order valence-corrected chi connectivity index (χ3v) is 8.25. The van der Waals surface area contributed by atoms with Gasteiger partial charge in [-0.05, 0) is 48.4 Å². The molecule has 2 aliphatic rings. The lowest BCUT2D eigenvalue weighted by Gasteiger charge is -2.32. The maximum atomic E-state index is 14.0. The molecule has 1 unspecified atom stereocenters. The first-order chi connectivity index (χ1) is 15.3. The van der Waals surface area contributed by atoms with E-state index < -0.39 is 32.3 Å². The highest BCUT2D eigenvalue weighted by Gasteiger charge is 2.69. The summed E-state index contributed by atoms with van der Waals surface area (Å²) in [7, 11) is -4.18. The third kappa shape index (κ3) is 2.81. The van der Waals surface area contributed by atoms with Crippen LogP contribution >= 0.6 is 11.6 Å². The minimum absolute atomic E-state index is 0.128. The van der Waals surface area contributed by atoms with Gasteiger partial charge in [0.1, 0.15) is 5.75 Å². The Hall–Kier alpha value is -3.16. The Labute approximate surface area is 190 Å². The summed E-state index contributed by atoms with van der Waals surface area (Å²) < 4.78 is 27.1. The fourth-order valence-electron chi connectivity index (χ4n) is 4.63. The number of amides is 2. The van der Waals surface area contributed by atoms with Gasteiger partial charge < -0.3 is 4.90 Å². The molecule has 32 heavy (non-hydrogen) atoms. The van der Waals surface area contributed by atoms with Crippen molar-refractivity contribution in [1.29, 1.82) is 0 Å². The maximum absolute atomic E-state index is 14.0. The standard InChI is InChI=1S/C24H19ClN2O4S/c1-16-6-4-9-19(12-16)27-22(28)15-32(30,31)24(27)20-10-2-3-11-21(20)26(23(24)29)14-17-7-5-8-18(25)13-17/h2-13H,14-15H2,1H3. The van der Waals surface area contributed by atoms with Crippen molar-refractivity contribution in [2.45, 2.75) is 18.3 Å². The van der Waals surface area contributed by atoms with Crippen molar-refractivity contribution in [3.8, 4) is 0 Å². The number of hydrogen-bond acceptors (Lipinski definition) is 4. The Morgan fingerprint density at radius 3 is 2.47 bits per heavy atom. The number of fused-ring (bicyclic) bond motifs is 2. The number of carbonyl (C=O) groups excluding carboxylic acids is 2. The fraction of sp³-hybridized carbons (Fsp3) is 0.167. The third-order valence-electron chi connectivity index (χ3n) is 5.91. The maximum Gasteiger partial charge on any atom is 0.274 e. The molecular weight excluding hydrogens is 448 g/mol. The minimum atomic E-state index is -4.18. The number of hydrogen-bond donors (Lipinski definition) is 0. The first-order valence-electron chi connectivity index (χ1n) is 10.0. The molecule has 1 spiro atoms. The Morgan fingerprint density at radius 2 is 1.72 bits per heavy atom. The van der Waals surface area contributed by atoms with Gasteiger partial charge in [0.05, 0.1) is 12.2 Å². The first kappa shape index (κ1) is 20.7. The van der Waals surface area contributed by atoms with Gasteiger partial charge in [0.15, 0.2) is 9.84 Å². The number of carbonyl (C=O) groups is 2. The van der Waals surface area contributed by atoms with Crippen LogP contribution in [-0.4, -0.2) is 26.0 Å². The SMILES string of the molecule is Cc1cccc(N2C(=O)CS(=O)(=O)C23C(=O)N(Cc2cccc(Cl)c2)c2ccccc23)c1. The van der Waals surface area contributed by atoms with Gasteiger partial charge in [0, 0.05) is 16.3 Å². The van der Waals surface area contributed by atoms with E-state index >= 15 is 0 Å². The van der Waals surface area contributed by atoms with Crippen LogP contribution in [0.2, 0.25) is 5.02 Å². The van der Waals surface area contributed by atoms with Crippen molar-refractivity contribution in [2.75, 3.05) is 15.6 Å². The summed E-state index contributed by atoms with van der Waals surface area (Å²) in [5, 5.41) is 0.516. The van der Waals surface area contributed by atoms with Gasteiger partial charge in [0.25, 0.3) is 10.8 Å². The predicted octanol–water partition coefficient (Wildman–Crippen LogP) is 3.81. The normalized spacial score (nSPS) is 21.4. The zero-order valence-electron chi connectivity index (χ0n) is 17.2. The molecular formula is C24H19ClN2O4S. The molecule has 3 aromatic carbocycles. The molecule has 2 heterocycles. The van der Waals surface area contributed by atoms with Crippen molar-refractivity contribution in [2.24, 2.45) is 0 Å². The van der Waals surface area contributed by atoms with E-state index in [-0.39, 0.29) is 6.54 Å². The van der Waals surface area contributed by atoms with Crippen LogP contribution in [0.3, 0.4) is 0 Å². The highest BCUT2D eigenvalue weighted by Crippen LogP contribution is 2.52. The van der Waals surface area contributed by atoms with Crippen LogP contribution in [0.4, 0.5) is 11.4 Å². The molecule has 0 N–H and O–H groups in total. The molecule has 1 fully saturated rings. The molecule has 1 atom stereocenters. The van der Waals surface area contributed by atoms with Gasteiger partial charge in [-0.15, -0.1) is 0 Å². The number of rotatable bonds is 3. The zero-order valence-corrected chi connectivity index (χ0v) is 18.7. The van der Waals surface area contributed by atoms with Crippen molar-refractivity contribution in [1.82, 2.24) is 0 Å². The number of aryl methyl sites for hydroxylation is 1. The van der Waals surface area contributed by atoms with Crippen molar-refractivity contribution in [3.05, 3.63) is 94.5 Å². The molecule has 8 heteroatoms. The Morgan fingerprint density at radius 1 is 0.969 bits per heavy atom. The van der Waals surface area contributed by atoms with Crippen LogP contribution in [0.5, 0.6) is 0 Å². The van der Waals surface area contributed by atoms with Gasteiger partial charge in [-0.2, -0.15) is 0 Å². The summed E-state index contributed by atoms with van der Waals surface area (Å²) in [5.41, 5.74) is 2.74. The average Bonchev–Trinajstić information content (AvgIpc) is 3.11. The summed E-state index contributed by atoms with van der Waals surface area (Å²) in [6, 6.07) is 20.8. The number of benzene rings is 3. The average molecular weight is 467 g/mol. The Balaban J connectivity index is 1.74. The van der Waals surface area contributed by atoms with E-state index in [1.807, 2.05) is 19.1 Å². The van der Waals surface area contributed by atoms with E-state index in [1.165, 1.54) is 4.90 Å². The predicted molar refractivity (Wildman–Crippen MR) is 123 cm³/mol. The number of sulfone groups is 1. The summed E-state index contributed by atoms with van der Waals surface area (Å²) in [5.74, 6) is -2.01. The Kier molecular flexibility index (Phi) is 4.65. The molecule has 3 aromatic rings. The van der Waals surface area contributed by atoms with Gasteiger partial charge in [-0.25, -0.2) is 8.42 Å². The van der Waals surface area contributed by atoms with E-state index in [0.29, 0.717) is 22.0 Å². The van der Waals surface area contributed by atoms with Gasteiger partial charge in [-0.1, -0.05) is 54.1 Å². The summed E-state index contributed by atoms with van der Waals surface area (Å²) >= 11 is 6.12. The largest absolute Gasteiger partial charge is 0.304 e. The quantitative estimate of drug-likeness (QED) is 0.588. The highest BCUT2D eigenvalue weighted by molar-refractivity contribution is 7.94. The number of anilines is 2. The lowest BCUT2D eigenvalue weighted by Crippen LogP contribution is -2.54. The molecule has 1 saturated heterocycles. The molecule has 0 radical (unpaired) electrons. The molecule has 0 aromatic heterocycles.